The number of carbonyl (C=O) groups excluding carboxylic acids is 2. The summed E-state index contributed by atoms with van der Waals surface area (Å²) in [6.07, 6.45) is -4.78. The van der Waals surface area contributed by atoms with Crippen molar-refractivity contribution in [1.29, 1.82) is 0 Å². The number of hydrogen-bond acceptors (Lipinski definition) is 4. The number of piperazine rings is 1. The molecule has 0 aromatic heterocycles. The summed E-state index contributed by atoms with van der Waals surface area (Å²) in [5.41, 5.74) is 5.56. The number of halogens is 3. The summed E-state index contributed by atoms with van der Waals surface area (Å²) in [5.74, 6) is -0.846. The van der Waals surface area contributed by atoms with Gasteiger partial charge in [0, 0.05) is 25.2 Å². The molecule has 156 valence electrons. The average Bonchev–Trinajstić information content (AvgIpc) is 2.58. The second-order valence-corrected chi connectivity index (χ2v) is 7.87. The van der Waals surface area contributed by atoms with Crippen LogP contribution in [0.4, 0.5) is 13.2 Å². The van der Waals surface area contributed by atoms with Crippen LogP contribution in [0.1, 0.15) is 38.1 Å². The van der Waals surface area contributed by atoms with Crippen LogP contribution in [-0.2, 0) is 4.79 Å². The lowest BCUT2D eigenvalue weighted by Crippen LogP contribution is -2.64. The molecule has 1 atom stereocenters. The number of benzene rings is 1. The predicted octanol–water partition coefficient (Wildman–Crippen LogP) is 2.63. The number of nitrogens with two attached hydrogens (primary N) is 1. The lowest BCUT2D eigenvalue weighted by atomic mass is 9.95. The molecule has 6 nitrogen and oxygen atoms in total. The highest BCUT2D eigenvalue weighted by Gasteiger charge is 2.40. The highest BCUT2D eigenvalue weighted by Crippen LogP contribution is 2.26. The Balaban J connectivity index is 2.10. The Morgan fingerprint density at radius 1 is 1.14 bits per heavy atom. The highest BCUT2D eigenvalue weighted by atomic mass is 19.4. The van der Waals surface area contributed by atoms with Crippen molar-refractivity contribution in [3.8, 4) is 5.75 Å². The zero-order valence-electron chi connectivity index (χ0n) is 16.4. The summed E-state index contributed by atoms with van der Waals surface area (Å²) in [5, 5.41) is 0. The Kier molecular flexibility index (Phi) is 6.27. The van der Waals surface area contributed by atoms with Gasteiger partial charge in [-0.3, -0.25) is 9.59 Å². The molecule has 0 spiro atoms. The molecule has 9 heteroatoms. The Bertz CT molecular complexity index is 717. The third-order valence-corrected chi connectivity index (χ3v) is 4.80. The number of nitrogens with zero attached hydrogens (tertiary/aromatic N) is 2. The molecule has 0 bridgehead atoms. The summed E-state index contributed by atoms with van der Waals surface area (Å²) >= 11 is 0. The van der Waals surface area contributed by atoms with Gasteiger partial charge in [0.1, 0.15) is 5.75 Å². The second-order valence-electron chi connectivity index (χ2n) is 7.87. The van der Waals surface area contributed by atoms with E-state index in [0.29, 0.717) is 19.6 Å². The van der Waals surface area contributed by atoms with E-state index in [-0.39, 0.29) is 29.0 Å². The van der Waals surface area contributed by atoms with Crippen molar-refractivity contribution in [1.82, 2.24) is 9.80 Å². The van der Waals surface area contributed by atoms with E-state index in [0.717, 1.165) is 12.1 Å². The van der Waals surface area contributed by atoms with E-state index in [9.17, 15) is 22.8 Å². The van der Waals surface area contributed by atoms with E-state index in [1.807, 2.05) is 27.7 Å². The molecule has 0 radical (unpaired) electrons. The number of ether oxygens (including phenoxy) is 1. The number of amides is 2. The predicted molar refractivity (Wildman–Crippen MR) is 97.6 cm³/mol. The highest BCUT2D eigenvalue weighted by molar-refractivity contribution is 5.95. The third-order valence-electron chi connectivity index (χ3n) is 4.80. The summed E-state index contributed by atoms with van der Waals surface area (Å²) in [4.78, 5) is 28.7. The van der Waals surface area contributed by atoms with Gasteiger partial charge >= 0.3 is 6.36 Å². The average molecular weight is 401 g/mol. The maximum atomic E-state index is 12.9. The van der Waals surface area contributed by atoms with Gasteiger partial charge < -0.3 is 20.3 Å². The number of carbonyl (C=O) groups is 2. The Morgan fingerprint density at radius 2 is 1.71 bits per heavy atom. The monoisotopic (exact) mass is 401 g/mol. The van der Waals surface area contributed by atoms with Crippen molar-refractivity contribution in [3.63, 3.8) is 0 Å². The van der Waals surface area contributed by atoms with Crippen LogP contribution in [0.2, 0.25) is 0 Å². The maximum Gasteiger partial charge on any atom is 0.573 e. The minimum Gasteiger partial charge on any atom is -0.406 e. The Morgan fingerprint density at radius 3 is 2.18 bits per heavy atom. The molecule has 1 aliphatic heterocycles. The molecule has 2 amide bonds. The minimum atomic E-state index is -4.78. The molecule has 1 heterocycles. The molecule has 0 saturated carbocycles. The SMILES string of the molecule is CC(C)[C@H](N)C(=O)N1CCN(C(=O)c2ccc(OC(F)(F)F)cc2)C(C)(C)C1. The van der Waals surface area contributed by atoms with Crippen molar-refractivity contribution >= 4 is 11.8 Å². The van der Waals surface area contributed by atoms with Gasteiger partial charge in [0.25, 0.3) is 5.91 Å². The van der Waals surface area contributed by atoms with Crippen LogP contribution in [0.15, 0.2) is 24.3 Å². The van der Waals surface area contributed by atoms with Crippen molar-refractivity contribution < 1.29 is 27.5 Å². The second kappa shape index (κ2) is 7.98. The summed E-state index contributed by atoms with van der Waals surface area (Å²) in [6.45, 7) is 8.41. The largest absolute Gasteiger partial charge is 0.573 e. The lowest BCUT2D eigenvalue weighted by molar-refractivity contribution is -0.274. The van der Waals surface area contributed by atoms with Crippen LogP contribution in [0.25, 0.3) is 0 Å². The number of rotatable bonds is 4. The first-order chi connectivity index (χ1) is 12.8. The fourth-order valence-electron chi connectivity index (χ4n) is 3.17. The molecule has 2 rings (SSSR count). The minimum absolute atomic E-state index is 0.00713. The van der Waals surface area contributed by atoms with Gasteiger partial charge in [-0.05, 0) is 44.0 Å². The zero-order valence-corrected chi connectivity index (χ0v) is 16.4. The van der Waals surface area contributed by atoms with Crippen LogP contribution in [0.3, 0.4) is 0 Å². The molecular weight excluding hydrogens is 375 g/mol. The standard InChI is InChI=1S/C19H26F3N3O3/c1-12(2)15(23)17(27)24-9-10-25(18(3,4)11-24)16(26)13-5-7-14(8-6-13)28-19(20,21)22/h5-8,12,15H,9-11,23H2,1-4H3/t15-/m0/s1. The van der Waals surface area contributed by atoms with Crippen molar-refractivity contribution in [2.24, 2.45) is 11.7 Å². The van der Waals surface area contributed by atoms with E-state index < -0.39 is 17.9 Å². The number of hydrogen-bond donors (Lipinski definition) is 1. The van der Waals surface area contributed by atoms with Gasteiger partial charge in [-0.15, -0.1) is 13.2 Å². The van der Waals surface area contributed by atoms with Crippen molar-refractivity contribution in [3.05, 3.63) is 29.8 Å². The molecule has 1 saturated heterocycles. The first-order valence-electron chi connectivity index (χ1n) is 9.04. The van der Waals surface area contributed by atoms with Gasteiger partial charge in [-0.1, -0.05) is 13.8 Å². The first kappa shape index (κ1) is 22.0. The molecule has 28 heavy (non-hydrogen) atoms. The quantitative estimate of drug-likeness (QED) is 0.842. The van der Waals surface area contributed by atoms with E-state index in [2.05, 4.69) is 4.74 Å². The van der Waals surface area contributed by atoms with Gasteiger partial charge in [-0.2, -0.15) is 0 Å². The van der Waals surface area contributed by atoms with E-state index in [1.165, 1.54) is 12.1 Å². The maximum absolute atomic E-state index is 12.9. The molecular formula is C19H26F3N3O3. The van der Waals surface area contributed by atoms with Crippen molar-refractivity contribution in [2.45, 2.75) is 45.6 Å². The van der Waals surface area contributed by atoms with Crippen LogP contribution in [0.5, 0.6) is 5.75 Å². The van der Waals surface area contributed by atoms with E-state index >= 15 is 0 Å². The Hall–Kier alpha value is -2.29. The first-order valence-corrected chi connectivity index (χ1v) is 9.04. The number of alkyl halides is 3. The van der Waals surface area contributed by atoms with Crippen LogP contribution in [-0.4, -0.2) is 59.2 Å². The third kappa shape index (κ3) is 5.15. The molecule has 0 aliphatic carbocycles. The molecule has 1 aromatic carbocycles. The normalized spacial score (nSPS) is 18.2. The molecule has 1 aliphatic rings. The molecule has 0 unspecified atom stereocenters. The van der Waals surface area contributed by atoms with Crippen LogP contribution in [0, 0.1) is 5.92 Å². The molecule has 2 N–H and O–H groups in total. The smallest absolute Gasteiger partial charge is 0.406 e. The van der Waals surface area contributed by atoms with Gasteiger partial charge in [0.2, 0.25) is 5.91 Å². The van der Waals surface area contributed by atoms with Crippen molar-refractivity contribution in [2.75, 3.05) is 19.6 Å². The molecule has 1 fully saturated rings. The fourth-order valence-corrected chi connectivity index (χ4v) is 3.17. The van der Waals surface area contributed by atoms with Gasteiger partial charge in [0.05, 0.1) is 11.6 Å². The fraction of sp³-hybridized carbons (Fsp3) is 0.579. The van der Waals surface area contributed by atoms with Crippen LogP contribution >= 0.6 is 0 Å². The topological polar surface area (TPSA) is 75.9 Å². The summed E-state index contributed by atoms with van der Waals surface area (Å²) in [6, 6.07) is 4.21. The summed E-state index contributed by atoms with van der Waals surface area (Å²) < 4.78 is 40.6. The zero-order chi connectivity index (χ0) is 21.3. The molecule has 1 aromatic rings. The van der Waals surface area contributed by atoms with Crippen LogP contribution < -0.4 is 10.5 Å². The Labute approximate surface area is 162 Å². The van der Waals surface area contributed by atoms with Gasteiger partial charge in [0.15, 0.2) is 0 Å². The lowest BCUT2D eigenvalue weighted by Gasteiger charge is -2.47. The van der Waals surface area contributed by atoms with Gasteiger partial charge in [-0.25, -0.2) is 0 Å². The van der Waals surface area contributed by atoms with E-state index in [4.69, 9.17) is 5.73 Å². The summed E-state index contributed by atoms with van der Waals surface area (Å²) in [7, 11) is 0. The van der Waals surface area contributed by atoms with E-state index in [1.54, 1.807) is 9.80 Å².